The summed E-state index contributed by atoms with van der Waals surface area (Å²) in [6.07, 6.45) is 5.55. The first-order valence-electron chi connectivity index (χ1n) is 5.90. The van der Waals surface area contributed by atoms with Gasteiger partial charge in [-0.2, -0.15) is 0 Å². The van der Waals surface area contributed by atoms with E-state index in [4.69, 9.17) is 4.74 Å². The minimum Gasteiger partial charge on any atom is -0.380 e. The molecular formula is C12H27NO. The fourth-order valence-electron chi connectivity index (χ4n) is 1.57. The van der Waals surface area contributed by atoms with Gasteiger partial charge in [0.15, 0.2) is 0 Å². The van der Waals surface area contributed by atoms with E-state index >= 15 is 0 Å². The molecule has 0 aromatic rings. The lowest BCUT2D eigenvalue weighted by Gasteiger charge is -2.24. The van der Waals surface area contributed by atoms with Crippen molar-refractivity contribution >= 4 is 0 Å². The van der Waals surface area contributed by atoms with Crippen LogP contribution in [0.25, 0.3) is 0 Å². The molecule has 0 heterocycles. The zero-order valence-electron chi connectivity index (χ0n) is 10.5. The summed E-state index contributed by atoms with van der Waals surface area (Å²) < 4.78 is 5.28. The first-order chi connectivity index (χ1) is 6.61. The molecule has 0 radical (unpaired) electrons. The molecule has 0 saturated heterocycles. The Morgan fingerprint density at radius 3 is 2.29 bits per heavy atom. The minimum absolute atomic E-state index is 0.295. The number of unbranched alkanes of at least 4 members (excludes halogenated alkanes) is 2. The Balaban J connectivity index is 3.54. The van der Waals surface area contributed by atoms with Crippen LogP contribution in [-0.2, 0) is 4.74 Å². The number of nitrogens with one attached hydrogen (secondary N) is 1. The van der Waals surface area contributed by atoms with E-state index in [0.29, 0.717) is 18.2 Å². The Bertz CT molecular complexity index is 127. The summed E-state index contributed by atoms with van der Waals surface area (Å²) in [4.78, 5) is 0. The molecule has 0 aromatic carbocycles. The van der Waals surface area contributed by atoms with E-state index in [1.165, 1.54) is 25.7 Å². The highest BCUT2D eigenvalue weighted by Crippen LogP contribution is 2.05. The SMILES string of the molecule is CCCCCC(C)NC(C)C(C)OC. The molecule has 86 valence electrons. The fraction of sp³-hybridized carbons (Fsp3) is 1.00. The predicted octanol–water partition coefficient (Wildman–Crippen LogP) is 2.97. The maximum Gasteiger partial charge on any atom is 0.0693 e. The summed E-state index contributed by atoms with van der Waals surface area (Å²) in [6, 6.07) is 1.05. The maximum absolute atomic E-state index is 5.28. The number of rotatable bonds is 8. The molecule has 0 rings (SSSR count). The normalized spacial score (nSPS) is 17.8. The highest BCUT2D eigenvalue weighted by molar-refractivity contribution is 4.72. The van der Waals surface area contributed by atoms with Gasteiger partial charge in [-0.3, -0.25) is 0 Å². The third-order valence-electron chi connectivity index (χ3n) is 2.86. The van der Waals surface area contributed by atoms with E-state index in [-0.39, 0.29) is 0 Å². The molecule has 2 heteroatoms. The largest absolute Gasteiger partial charge is 0.380 e. The smallest absolute Gasteiger partial charge is 0.0693 e. The quantitative estimate of drug-likeness (QED) is 0.610. The monoisotopic (exact) mass is 201 g/mol. The first-order valence-corrected chi connectivity index (χ1v) is 5.90. The highest BCUT2D eigenvalue weighted by Gasteiger charge is 2.12. The molecule has 0 aliphatic rings. The van der Waals surface area contributed by atoms with Crippen LogP contribution in [0.2, 0.25) is 0 Å². The van der Waals surface area contributed by atoms with E-state index in [1.54, 1.807) is 7.11 Å². The van der Waals surface area contributed by atoms with E-state index in [1.807, 2.05) is 0 Å². The number of ether oxygens (including phenoxy) is 1. The van der Waals surface area contributed by atoms with Crippen molar-refractivity contribution in [3.63, 3.8) is 0 Å². The first kappa shape index (κ1) is 13.9. The molecule has 0 aliphatic carbocycles. The molecule has 0 aliphatic heterocycles. The van der Waals surface area contributed by atoms with Crippen molar-refractivity contribution < 1.29 is 4.74 Å². The molecular weight excluding hydrogens is 174 g/mol. The van der Waals surface area contributed by atoms with Crippen LogP contribution in [0.4, 0.5) is 0 Å². The molecule has 14 heavy (non-hydrogen) atoms. The van der Waals surface area contributed by atoms with Crippen LogP contribution in [-0.4, -0.2) is 25.3 Å². The van der Waals surface area contributed by atoms with Crippen LogP contribution in [0.3, 0.4) is 0 Å². The molecule has 0 fully saturated rings. The molecule has 0 saturated carbocycles. The van der Waals surface area contributed by atoms with Crippen LogP contribution < -0.4 is 5.32 Å². The number of methoxy groups -OCH3 is 1. The van der Waals surface area contributed by atoms with Crippen LogP contribution in [0, 0.1) is 0 Å². The van der Waals surface area contributed by atoms with E-state index < -0.39 is 0 Å². The van der Waals surface area contributed by atoms with Crippen molar-refractivity contribution in [3.8, 4) is 0 Å². The lowest BCUT2D eigenvalue weighted by atomic mass is 10.1. The Morgan fingerprint density at radius 2 is 1.79 bits per heavy atom. The summed E-state index contributed by atoms with van der Waals surface area (Å²) in [5, 5.41) is 3.56. The third-order valence-corrected chi connectivity index (χ3v) is 2.86. The lowest BCUT2D eigenvalue weighted by molar-refractivity contribution is 0.0846. The zero-order valence-corrected chi connectivity index (χ0v) is 10.5. The summed E-state index contributed by atoms with van der Waals surface area (Å²) in [5.41, 5.74) is 0. The Hall–Kier alpha value is -0.0800. The molecule has 3 atom stereocenters. The molecule has 3 unspecified atom stereocenters. The van der Waals surface area contributed by atoms with Gasteiger partial charge >= 0.3 is 0 Å². The van der Waals surface area contributed by atoms with Gasteiger partial charge in [0.2, 0.25) is 0 Å². The molecule has 2 nitrogen and oxygen atoms in total. The zero-order chi connectivity index (χ0) is 11.0. The number of hydrogen-bond acceptors (Lipinski definition) is 2. The molecule has 0 spiro atoms. The van der Waals surface area contributed by atoms with Gasteiger partial charge in [-0.05, 0) is 27.2 Å². The molecule has 0 amide bonds. The maximum atomic E-state index is 5.28. The van der Waals surface area contributed by atoms with E-state index in [0.717, 1.165) is 0 Å². The lowest BCUT2D eigenvalue weighted by Crippen LogP contribution is -2.41. The third kappa shape index (κ3) is 6.39. The van der Waals surface area contributed by atoms with Crippen molar-refractivity contribution in [1.29, 1.82) is 0 Å². The van der Waals surface area contributed by atoms with Crippen LogP contribution >= 0.6 is 0 Å². The second-order valence-corrected chi connectivity index (χ2v) is 4.29. The van der Waals surface area contributed by atoms with Gasteiger partial charge in [0.25, 0.3) is 0 Å². The van der Waals surface area contributed by atoms with Crippen molar-refractivity contribution in [1.82, 2.24) is 5.32 Å². The Kier molecular flexibility index (Phi) is 8.20. The summed E-state index contributed by atoms with van der Waals surface area (Å²) >= 11 is 0. The van der Waals surface area contributed by atoms with Crippen molar-refractivity contribution in [2.24, 2.45) is 0 Å². The van der Waals surface area contributed by atoms with Gasteiger partial charge in [-0.25, -0.2) is 0 Å². The predicted molar refractivity (Wildman–Crippen MR) is 62.7 cm³/mol. The summed E-state index contributed by atoms with van der Waals surface area (Å²) in [7, 11) is 1.77. The Morgan fingerprint density at radius 1 is 1.14 bits per heavy atom. The van der Waals surface area contributed by atoms with Gasteiger partial charge in [-0.15, -0.1) is 0 Å². The van der Waals surface area contributed by atoms with Crippen LogP contribution in [0.1, 0.15) is 53.4 Å². The minimum atomic E-state index is 0.295. The van der Waals surface area contributed by atoms with Crippen LogP contribution in [0.5, 0.6) is 0 Å². The van der Waals surface area contributed by atoms with Gasteiger partial charge in [0.05, 0.1) is 6.10 Å². The van der Waals surface area contributed by atoms with Crippen molar-refractivity contribution in [3.05, 3.63) is 0 Å². The highest BCUT2D eigenvalue weighted by atomic mass is 16.5. The summed E-state index contributed by atoms with van der Waals surface area (Å²) in [5.74, 6) is 0. The van der Waals surface area contributed by atoms with E-state index in [2.05, 4.69) is 33.0 Å². The van der Waals surface area contributed by atoms with E-state index in [9.17, 15) is 0 Å². The van der Waals surface area contributed by atoms with Crippen LogP contribution in [0.15, 0.2) is 0 Å². The average Bonchev–Trinajstić information content (AvgIpc) is 2.16. The fourth-order valence-corrected chi connectivity index (χ4v) is 1.57. The second kappa shape index (κ2) is 8.25. The molecule has 1 N–H and O–H groups in total. The molecule has 0 bridgehead atoms. The van der Waals surface area contributed by atoms with Gasteiger partial charge in [-0.1, -0.05) is 26.2 Å². The van der Waals surface area contributed by atoms with Gasteiger partial charge in [0, 0.05) is 19.2 Å². The molecule has 0 aromatic heterocycles. The standard InChI is InChI=1S/C12H27NO/c1-6-7-8-9-10(2)13-11(3)12(4)14-5/h10-13H,6-9H2,1-5H3. The van der Waals surface area contributed by atoms with Crippen molar-refractivity contribution in [2.75, 3.05) is 7.11 Å². The topological polar surface area (TPSA) is 21.3 Å². The Labute approximate surface area is 89.4 Å². The van der Waals surface area contributed by atoms with Gasteiger partial charge in [0.1, 0.15) is 0 Å². The van der Waals surface area contributed by atoms with Crippen molar-refractivity contribution in [2.45, 2.75) is 71.6 Å². The van der Waals surface area contributed by atoms with Gasteiger partial charge < -0.3 is 10.1 Å². The summed E-state index contributed by atoms with van der Waals surface area (Å²) in [6.45, 7) is 8.79. The average molecular weight is 201 g/mol. The number of hydrogen-bond donors (Lipinski definition) is 1. The second-order valence-electron chi connectivity index (χ2n) is 4.29.